The van der Waals surface area contributed by atoms with Crippen LogP contribution in [0.2, 0.25) is 5.02 Å². The molecule has 5 rings (SSSR count). The minimum absolute atomic E-state index is 0.199. The molecule has 0 aliphatic heterocycles. The molecule has 0 amide bonds. The van der Waals surface area contributed by atoms with Crippen molar-refractivity contribution in [1.29, 1.82) is 0 Å². The molecule has 0 saturated heterocycles. The molecule has 3 aromatic carbocycles. The fourth-order valence-electron chi connectivity index (χ4n) is 3.98. The number of halogens is 2. The van der Waals surface area contributed by atoms with Gasteiger partial charge < -0.3 is 24.0 Å². The second-order valence-electron chi connectivity index (χ2n) is 8.77. The van der Waals surface area contributed by atoms with E-state index in [0.29, 0.717) is 59.7 Å². The Labute approximate surface area is 229 Å². The number of aromatic nitrogens is 2. The number of hydrogen-bond acceptors (Lipinski definition) is 7. The highest BCUT2D eigenvalue weighted by molar-refractivity contribution is 6.32. The third kappa shape index (κ3) is 6.79. The first kappa shape index (κ1) is 26.3. The molecular formula is C30H25ClFN3O4. The van der Waals surface area contributed by atoms with E-state index in [9.17, 15) is 9.18 Å². The molecular weight excluding hydrogens is 521 g/mol. The van der Waals surface area contributed by atoms with Crippen LogP contribution < -0.4 is 10.1 Å². The highest BCUT2D eigenvalue weighted by Crippen LogP contribution is 2.33. The van der Waals surface area contributed by atoms with E-state index in [1.165, 1.54) is 18.5 Å². The van der Waals surface area contributed by atoms with E-state index < -0.39 is 0 Å². The van der Waals surface area contributed by atoms with Gasteiger partial charge in [0.2, 0.25) is 0 Å². The molecule has 0 unspecified atom stereocenters. The lowest BCUT2D eigenvalue weighted by Crippen LogP contribution is -1.99. The Bertz CT molecular complexity index is 1590. The van der Waals surface area contributed by atoms with Crippen LogP contribution in [0.4, 0.5) is 15.9 Å². The maximum Gasteiger partial charge on any atom is 0.141 e. The summed E-state index contributed by atoms with van der Waals surface area (Å²) in [5, 5.41) is 4.52. The first-order valence-corrected chi connectivity index (χ1v) is 12.8. The summed E-state index contributed by atoms with van der Waals surface area (Å²) in [5.41, 5.74) is 3.06. The lowest BCUT2D eigenvalue weighted by atomic mass is 10.1. The summed E-state index contributed by atoms with van der Waals surface area (Å²) in [6.45, 7) is 1.04. The van der Waals surface area contributed by atoms with Crippen LogP contribution in [0.15, 0.2) is 83.5 Å². The van der Waals surface area contributed by atoms with E-state index >= 15 is 0 Å². The normalized spacial score (nSPS) is 11.0. The van der Waals surface area contributed by atoms with Gasteiger partial charge in [-0.05, 0) is 72.6 Å². The number of rotatable bonds is 12. The Balaban J connectivity index is 1.29. The van der Waals surface area contributed by atoms with Gasteiger partial charge in [0.25, 0.3) is 0 Å². The molecule has 2 heterocycles. The Morgan fingerprint density at radius 3 is 2.77 bits per heavy atom. The standard InChI is InChI=1S/C30H25ClFN3O4/c31-26-16-23(7-10-29(26)38-17-20-4-3-5-22(32)14-20)35-30-25-15-21(6-9-27(25)33-19-34-30)28-11-8-24(39-28)18-37-13-2-1-12-36/h3-12,14-16,19H,1-2,13,17-18H2,(H,33,34,35). The summed E-state index contributed by atoms with van der Waals surface area (Å²) < 4.78 is 30.7. The number of nitrogens with zero attached hydrogens (tertiary/aromatic N) is 2. The molecule has 7 nitrogen and oxygen atoms in total. The van der Waals surface area contributed by atoms with Crippen molar-refractivity contribution in [2.45, 2.75) is 26.1 Å². The Kier molecular flexibility index (Phi) is 8.45. The quantitative estimate of drug-likeness (QED) is 0.128. The predicted octanol–water partition coefficient (Wildman–Crippen LogP) is 7.50. The number of unbranched alkanes of at least 4 members (excludes halogenated alkanes) is 1. The molecule has 0 bridgehead atoms. The van der Waals surface area contributed by atoms with Gasteiger partial charge in [0.05, 0.1) is 10.5 Å². The number of carbonyl (C=O) groups is 1. The van der Waals surface area contributed by atoms with Gasteiger partial charge >= 0.3 is 0 Å². The number of nitrogens with one attached hydrogen (secondary N) is 1. The van der Waals surface area contributed by atoms with Gasteiger partial charge in [-0.25, -0.2) is 14.4 Å². The third-order valence-electron chi connectivity index (χ3n) is 5.91. The van der Waals surface area contributed by atoms with Crippen LogP contribution in [0, 0.1) is 5.82 Å². The molecule has 2 aromatic heterocycles. The van der Waals surface area contributed by atoms with E-state index in [1.807, 2.05) is 36.4 Å². The van der Waals surface area contributed by atoms with Crippen molar-refractivity contribution in [3.63, 3.8) is 0 Å². The van der Waals surface area contributed by atoms with Gasteiger partial charge in [-0.3, -0.25) is 0 Å². The Morgan fingerprint density at radius 1 is 1.00 bits per heavy atom. The van der Waals surface area contributed by atoms with Gasteiger partial charge in [0.1, 0.15) is 54.7 Å². The molecule has 0 radical (unpaired) electrons. The largest absolute Gasteiger partial charge is 0.487 e. The maximum atomic E-state index is 13.4. The van der Waals surface area contributed by atoms with Crippen LogP contribution in [0.1, 0.15) is 24.2 Å². The van der Waals surface area contributed by atoms with Crippen LogP contribution in [-0.2, 0) is 22.7 Å². The van der Waals surface area contributed by atoms with E-state index in [4.69, 9.17) is 25.5 Å². The minimum Gasteiger partial charge on any atom is -0.487 e. The lowest BCUT2D eigenvalue weighted by Gasteiger charge is -2.12. The molecule has 0 spiro atoms. The van der Waals surface area contributed by atoms with Crippen molar-refractivity contribution < 1.29 is 23.1 Å². The monoisotopic (exact) mass is 545 g/mol. The number of anilines is 2. The predicted molar refractivity (Wildman–Crippen MR) is 148 cm³/mol. The second kappa shape index (κ2) is 12.5. The molecule has 0 aliphatic carbocycles. The van der Waals surface area contributed by atoms with Crippen molar-refractivity contribution in [3.05, 3.63) is 101 Å². The number of hydrogen-bond donors (Lipinski definition) is 1. The first-order valence-electron chi connectivity index (χ1n) is 12.4. The van der Waals surface area contributed by atoms with Crippen LogP contribution in [0.5, 0.6) is 5.75 Å². The van der Waals surface area contributed by atoms with Crippen LogP contribution in [0.3, 0.4) is 0 Å². The molecule has 5 aromatic rings. The van der Waals surface area contributed by atoms with E-state index in [-0.39, 0.29) is 12.4 Å². The summed E-state index contributed by atoms with van der Waals surface area (Å²) in [5.74, 6) is 2.18. The van der Waals surface area contributed by atoms with Gasteiger partial charge in [-0.1, -0.05) is 23.7 Å². The van der Waals surface area contributed by atoms with Crippen LogP contribution in [0.25, 0.3) is 22.2 Å². The number of carbonyl (C=O) groups excluding carboxylic acids is 1. The smallest absolute Gasteiger partial charge is 0.141 e. The number of ether oxygens (including phenoxy) is 2. The third-order valence-corrected chi connectivity index (χ3v) is 6.21. The summed E-state index contributed by atoms with van der Waals surface area (Å²) in [7, 11) is 0. The summed E-state index contributed by atoms with van der Waals surface area (Å²) in [4.78, 5) is 19.2. The van der Waals surface area contributed by atoms with Crippen molar-refractivity contribution in [1.82, 2.24) is 9.97 Å². The minimum atomic E-state index is -0.314. The van der Waals surface area contributed by atoms with Crippen molar-refractivity contribution >= 4 is 40.3 Å². The average molecular weight is 546 g/mol. The highest BCUT2D eigenvalue weighted by Gasteiger charge is 2.11. The summed E-state index contributed by atoms with van der Waals surface area (Å²) in [6.07, 6.45) is 3.55. The molecule has 0 saturated carbocycles. The number of fused-ring (bicyclic) bond motifs is 1. The molecule has 39 heavy (non-hydrogen) atoms. The summed E-state index contributed by atoms with van der Waals surface area (Å²) >= 11 is 6.47. The topological polar surface area (TPSA) is 86.5 Å². The fourth-order valence-corrected chi connectivity index (χ4v) is 4.22. The Hall–Kier alpha value is -4.27. The van der Waals surface area contributed by atoms with Crippen LogP contribution in [-0.4, -0.2) is 22.9 Å². The number of benzene rings is 3. The van der Waals surface area contributed by atoms with E-state index in [2.05, 4.69) is 15.3 Å². The number of furan rings is 1. The zero-order valence-electron chi connectivity index (χ0n) is 20.9. The molecule has 0 aliphatic rings. The molecule has 198 valence electrons. The van der Waals surface area contributed by atoms with Gasteiger partial charge in [0, 0.05) is 29.7 Å². The van der Waals surface area contributed by atoms with Crippen LogP contribution >= 0.6 is 11.6 Å². The molecule has 0 atom stereocenters. The lowest BCUT2D eigenvalue weighted by molar-refractivity contribution is -0.108. The first-order chi connectivity index (χ1) is 19.1. The van der Waals surface area contributed by atoms with Gasteiger partial charge in [-0.2, -0.15) is 0 Å². The van der Waals surface area contributed by atoms with Gasteiger partial charge in [0.15, 0.2) is 0 Å². The number of aldehydes is 1. The van der Waals surface area contributed by atoms with Gasteiger partial charge in [-0.15, -0.1) is 0 Å². The highest BCUT2D eigenvalue weighted by atomic mass is 35.5. The van der Waals surface area contributed by atoms with E-state index in [0.717, 1.165) is 28.4 Å². The zero-order valence-corrected chi connectivity index (χ0v) is 21.7. The van der Waals surface area contributed by atoms with E-state index in [1.54, 1.807) is 24.3 Å². The molecule has 1 N–H and O–H groups in total. The molecule has 0 fully saturated rings. The zero-order chi connectivity index (χ0) is 27.0. The summed E-state index contributed by atoms with van der Waals surface area (Å²) in [6, 6.07) is 21.1. The second-order valence-corrected chi connectivity index (χ2v) is 9.18. The molecule has 9 heteroatoms. The van der Waals surface area contributed by atoms with Crippen molar-refractivity contribution in [2.24, 2.45) is 0 Å². The average Bonchev–Trinajstić information content (AvgIpc) is 3.41. The Morgan fingerprint density at radius 2 is 1.92 bits per heavy atom. The SMILES string of the molecule is O=CCCCOCc1ccc(-c2ccc3ncnc(Nc4ccc(OCc5cccc(F)c5)c(Cl)c4)c3c2)o1. The fraction of sp³-hybridized carbons (Fsp3) is 0.167. The maximum absolute atomic E-state index is 13.4. The van der Waals surface area contributed by atoms with Crippen molar-refractivity contribution in [3.8, 4) is 17.1 Å². The van der Waals surface area contributed by atoms with Crippen molar-refractivity contribution in [2.75, 3.05) is 11.9 Å².